The van der Waals surface area contributed by atoms with E-state index in [2.05, 4.69) is 13.2 Å². The van der Waals surface area contributed by atoms with Gasteiger partial charge in [-0.3, -0.25) is 0 Å². The molecule has 0 atom stereocenters. The maximum absolute atomic E-state index is 4.76. The van der Waals surface area contributed by atoms with Crippen molar-refractivity contribution in [1.82, 2.24) is 15.0 Å². The third-order valence-corrected chi connectivity index (χ3v) is 4.88. The van der Waals surface area contributed by atoms with Gasteiger partial charge in [0.15, 0.2) is 17.5 Å². The fraction of sp³-hybridized carbons (Fsp3) is 0.0385. The lowest BCUT2D eigenvalue weighted by molar-refractivity contribution is 1.07. The fourth-order valence-corrected chi connectivity index (χ4v) is 3.07. The molecule has 0 saturated carbocycles. The molecule has 1 aromatic heterocycles. The number of nitrogens with zero attached hydrogens (tertiary/aromatic N) is 4. The molecule has 0 aliphatic carbocycles. The minimum absolute atomic E-state index is 0.638. The zero-order valence-corrected chi connectivity index (χ0v) is 16.9. The zero-order chi connectivity index (χ0) is 20.9. The van der Waals surface area contributed by atoms with E-state index in [1.165, 1.54) is 0 Å². The predicted octanol–water partition coefficient (Wildman–Crippen LogP) is 6.01. The first-order valence-corrected chi connectivity index (χ1v) is 9.68. The lowest BCUT2D eigenvalue weighted by Crippen LogP contribution is -2.13. The second kappa shape index (κ2) is 8.53. The first-order valence-electron chi connectivity index (χ1n) is 9.68. The molecule has 0 unspecified atom stereocenters. The summed E-state index contributed by atoms with van der Waals surface area (Å²) in [6, 6.07) is 28.0. The summed E-state index contributed by atoms with van der Waals surface area (Å²) in [5, 5.41) is 0. The second-order valence-electron chi connectivity index (χ2n) is 6.84. The van der Waals surface area contributed by atoms with Gasteiger partial charge in [0.25, 0.3) is 0 Å². The molecule has 4 heteroatoms. The van der Waals surface area contributed by atoms with Crippen molar-refractivity contribution in [2.75, 3.05) is 11.9 Å². The van der Waals surface area contributed by atoms with Gasteiger partial charge >= 0.3 is 0 Å². The first kappa shape index (κ1) is 19.3. The minimum atomic E-state index is 0.638. The Labute approximate surface area is 176 Å². The van der Waals surface area contributed by atoms with Crippen LogP contribution in [-0.2, 0) is 0 Å². The molecule has 1 heterocycles. The maximum atomic E-state index is 4.76. The molecule has 0 bridgehead atoms. The molecular formula is C26H22N4. The molecule has 0 amide bonds. The average Bonchev–Trinajstić information content (AvgIpc) is 2.84. The summed E-state index contributed by atoms with van der Waals surface area (Å²) >= 11 is 0. The van der Waals surface area contributed by atoms with Crippen molar-refractivity contribution in [2.24, 2.45) is 0 Å². The lowest BCUT2D eigenvalue weighted by atomic mass is 10.1. The Kier molecular flexibility index (Phi) is 5.48. The number of rotatable bonds is 6. The molecule has 0 aliphatic heterocycles. The van der Waals surface area contributed by atoms with Crippen LogP contribution in [0.4, 0.5) is 5.69 Å². The number of hydrogen-bond acceptors (Lipinski definition) is 4. The van der Waals surface area contributed by atoms with Gasteiger partial charge in [-0.05, 0) is 30.3 Å². The summed E-state index contributed by atoms with van der Waals surface area (Å²) in [4.78, 5) is 16.2. The number of likely N-dealkylation sites (N-methyl/N-ethyl adjacent to an activating group) is 1. The number of hydrogen-bond donors (Lipinski definition) is 0. The van der Waals surface area contributed by atoms with Crippen molar-refractivity contribution in [1.29, 1.82) is 0 Å². The van der Waals surface area contributed by atoms with Crippen molar-refractivity contribution < 1.29 is 0 Å². The number of allylic oxidation sites excluding steroid dienone is 1. The van der Waals surface area contributed by atoms with Gasteiger partial charge in [0.05, 0.1) is 0 Å². The highest BCUT2D eigenvalue weighted by atomic mass is 15.1. The fourth-order valence-electron chi connectivity index (χ4n) is 3.07. The largest absolute Gasteiger partial charge is 0.345 e. The number of aromatic nitrogens is 3. The van der Waals surface area contributed by atoms with Crippen LogP contribution in [0.1, 0.15) is 0 Å². The third-order valence-electron chi connectivity index (χ3n) is 4.88. The van der Waals surface area contributed by atoms with E-state index in [-0.39, 0.29) is 0 Å². The molecule has 0 N–H and O–H groups in total. The van der Waals surface area contributed by atoms with Crippen molar-refractivity contribution >= 4 is 5.69 Å². The highest BCUT2D eigenvalue weighted by molar-refractivity contribution is 5.68. The lowest BCUT2D eigenvalue weighted by Gasteiger charge is -2.19. The topological polar surface area (TPSA) is 41.9 Å². The van der Waals surface area contributed by atoms with Gasteiger partial charge in [0, 0.05) is 35.1 Å². The van der Waals surface area contributed by atoms with Crippen molar-refractivity contribution in [2.45, 2.75) is 0 Å². The maximum Gasteiger partial charge on any atom is 0.164 e. The van der Waals surface area contributed by atoms with Gasteiger partial charge in [-0.2, -0.15) is 0 Å². The Balaban J connectivity index is 1.79. The second-order valence-corrected chi connectivity index (χ2v) is 6.84. The highest BCUT2D eigenvalue weighted by Crippen LogP contribution is 2.26. The van der Waals surface area contributed by atoms with E-state index in [9.17, 15) is 0 Å². The molecule has 0 aliphatic rings. The monoisotopic (exact) mass is 390 g/mol. The highest BCUT2D eigenvalue weighted by Gasteiger charge is 2.12. The summed E-state index contributed by atoms with van der Waals surface area (Å²) in [5.74, 6) is 1.95. The van der Waals surface area contributed by atoms with Crippen LogP contribution < -0.4 is 4.90 Å². The molecule has 3 aromatic carbocycles. The third kappa shape index (κ3) is 4.03. The van der Waals surface area contributed by atoms with Crippen LogP contribution in [-0.4, -0.2) is 22.0 Å². The molecule has 30 heavy (non-hydrogen) atoms. The quantitative estimate of drug-likeness (QED) is 0.378. The van der Waals surface area contributed by atoms with E-state index in [0.717, 1.165) is 28.1 Å². The predicted molar refractivity (Wildman–Crippen MR) is 124 cm³/mol. The van der Waals surface area contributed by atoms with Crippen LogP contribution in [0.5, 0.6) is 0 Å². The Bertz CT molecular complexity index is 1110. The van der Waals surface area contributed by atoms with Gasteiger partial charge in [0.1, 0.15) is 0 Å². The van der Waals surface area contributed by atoms with Crippen LogP contribution in [0, 0.1) is 0 Å². The summed E-state index contributed by atoms with van der Waals surface area (Å²) in [6.45, 7) is 7.78. The van der Waals surface area contributed by atoms with Crippen LogP contribution >= 0.6 is 0 Å². The number of anilines is 1. The molecule has 0 radical (unpaired) electrons. The van der Waals surface area contributed by atoms with Crippen molar-refractivity contribution in [3.05, 3.63) is 110 Å². The van der Waals surface area contributed by atoms with Gasteiger partial charge in [-0.1, -0.05) is 73.8 Å². The summed E-state index contributed by atoms with van der Waals surface area (Å²) in [5.41, 5.74) is 4.69. The van der Waals surface area contributed by atoms with Gasteiger partial charge in [0.2, 0.25) is 0 Å². The summed E-state index contributed by atoms with van der Waals surface area (Å²) < 4.78 is 0. The van der Waals surface area contributed by atoms with Crippen LogP contribution in [0.3, 0.4) is 0 Å². The van der Waals surface area contributed by atoms with Crippen molar-refractivity contribution in [3.8, 4) is 34.2 Å². The summed E-state index contributed by atoms with van der Waals surface area (Å²) in [6.07, 6.45) is 1.73. The Morgan fingerprint density at radius 1 is 0.667 bits per heavy atom. The Hall–Kier alpha value is -4.05. The van der Waals surface area contributed by atoms with Crippen molar-refractivity contribution in [3.63, 3.8) is 0 Å². The number of benzene rings is 3. The van der Waals surface area contributed by atoms with E-state index >= 15 is 0 Å². The van der Waals surface area contributed by atoms with E-state index in [1.807, 2.05) is 96.9 Å². The van der Waals surface area contributed by atoms with E-state index < -0.39 is 0 Å². The van der Waals surface area contributed by atoms with Crippen LogP contribution in [0.25, 0.3) is 34.2 Å². The molecule has 0 fully saturated rings. The van der Waals surface area contributed by atoms with E-state index in [0.29, 0.717) is 17.5 Å². The van der Waals surface area contributed by atoms with Crippen LogP contribution in [0.2, 0.25) is 0 Å². The molecular weight excluding hydrogens is 368 g/mol. The average molecular weight is 390 g/mol. The van der Waals surface area contributed by atoms with Crippen LogP contribution in [0.15, 0.2) is 110 Å². The van der Waals surface area contributed by atoms with Gasteiger partial charge in [-0.25, -0.2) is 15.0 Å². The van der Waals surface area contributed by atoms with E-state index in [4.69, 9.17) is 15.0 Å². The first-order chi connectivity index (χ1) is 14.7. The van der Waals surface area contributed by atoms with E-state index in [1.54, 1.807) is 6.08 Å². The molecule has 146 valence electrons. The minimum Gasteiger partial charge on any atom is -0.345 e. The zero-order valence-electron chi connectivity index (χ0n) is 16.9. The van der Waals surface area contributed by atoms with Gasteiger partial charge < -0.3 is 4.90 Å². The smallest absolute Gasteiger partial charge is 0.164 e. The molecule has 0 saturated heterocycles. The molecule has 4 rings (SSSR count). The Morgan fingerprint density at radius 2 is 1.07 bits per heavy atom. The molecule has 4 aromatic rings. The SMILES string of the molecule is C=CC(=C)N(C)c1ccc(-c2nc(-c3ccccc3)nc(-c3ccccc3)n2)cc1. The van der Waals surface area contributed by atoms with Gasteiger partial charge in [-0.15, -0.1) is 0 Å². The normalized spacial score (nSPS) is 10.4. The summed E-state index contributed by atoms with van der Waals surface area (Å²) in [7, 11) is 1.96. The molecule has 4 nitrogen and oxygen atoms in total. The Morgan fingerprint density at radius 3 is 1.47 bits per heavy atom. The standard InChI is InChI=1S/C26H22N4/c1-4-19(2)30(3)23-17-15-22(16-18-23)26-28-24(20-11-7-5-8-12-20)27-25(29-26)21-13-9-6-10-14-21/h4-18H,1-2H2,3H3. The molecule has 0 spiro atoms.